The van der Waals surface area contributed by atoms with Crippen LogP contribution in [-0.2, 0) is 12.8 Å². The minimum absolute atomic E-state index is 0.0105. The standard InChI is InChI=1S/C16H22BrN3/c1-4-12-10-13(5-2)20(19-12)16(11(3)18)14-8-6-7-9-15(14)17/h6-11,16H,4-5,18H2,1-3H3. The molecule has 0 aliphatic carbocycles. The highest BCUT2D eigenvalue weighted by molar-refractivity contribution is 9.10. The van der Waals surface area contributed by atoms with Gasteiger partial charge in [0.15, 0.2) is 0 Å². The van der Waals surface area contributed by atoms with E-state index in [-0.39, 0.29) is 12.1 Å². The molecular weight excluding hydrogens is 314 g/mol. The van der Waals surface area contributed by atoms with Crippen LogP contribution in [0.2, 0.25) is 0 Å². The van der Waals surface area contributed by atoms with Crippen molar-refractivity contribution in [3.63, 3.8) is 0 Å². The van der Waals surface area contributed by atoms with E-state index in [1.165, 1.54) is 11.3 Å². The molecule has 0 amide bonds. The summed E-state index contributed by atoms with van der Waals surface area (Å²) in [6.45, 7) is 6.33. The second-order valence-electron chi connectivity index (χ2n) is 5.10. The van der Waals surface area contributed by atoms with Gasteiger partial charge in [0.2, 0.25) is 0 Å². The number of nitrogens with two attached hydrogens (primary N) is 1. The van der Waals surface area contributed by atoms with E-state index in [0.717, 1.165) is 23.0 Å². The first-order valence-corrected chi connectivity index (χ1v) is 7.95. The maximum atomic E-state index is 6.26. The molecule has 20 heavy (non-hydrogen) atoms. The van der Waals surface area contributed by atoms with Gasteiger partial charge in [-0.15, -0.1) is 0 Å². The molecule has 2 N–H and O–H groups in total. The van der Waals surface area contributed by atoms with E-state index >= 15 is 0 Å². The highest BCUT2D eigenvalue weighted by Crippen LogP contribution is 2.29. The van der Waals surface area contributed by atoms with Crippen LogP contribution in [0, 0.1) is 0 Å². The van der Waals surface area contributed by atoms with Crippen molar-refractivity contribution in [3.05, 3.63) is 51.8 Å². The molecule has 2 unspecified atom stereocenters. The minimum Gasteiger partial charge on any atom is -0.326 e. The van der Waals surface area contributed by atoms with Crippen LogP contribution < -0.4 is 5.73 Å². The van der Waals surface area contributed by atoms with Crippen molar-refractivity contribution >= 4 is 15.9 Å². The van der Waals surface area contributed by atoms with E-state index in [1.54, 1.807) is 0 Å². The molecule has 0 radical (unpaired) electrons. The second-order valence-corrected chi connectivity index (χ2v) is 5.96. The van der Waals surface area contributed by atoms with Gasteiger partial charge in [-0.05, 0) is 37.5 Å². The zero-order valence-electron chi connectivity index (χ0n) is 12.3. The third-order valence-electron chi connectivity index (χ3n) is 3.57. The van der Waals surface area contributed by atoms with Crippen molar-refractivity contribution in [3.8, 4) is 0 Å². The zero-order chi connectivity index (χ0) is 14.7. The fraction of sp³-hybridized carbons (Fsp3) is 0.438. The highest BCUT2D eigenvalue weighted by Gasteiger charge is 2.23. The number of nitrogens with zero attached hydrogens (tertiary/aromatic N) is 2. The van der Waals surface area contributed by atoms with Gasteiger partial charge in [-0.25, -0.2) is 0 Å². The molecular formula is C16H22BrN3. The SMILES string of the molecule is CCc1cc(CC)n(C(c2ccccc2Br)C(C)N)n1. The fourth-order valence-electron chi connectivity index (χ4n) is 2.52. The molecule has 1 aromatic heterocycles. The van der Waals surface area contributed by atoms with Crippen molar-refractivity contribution in [1.29, 1.82) is 0 Å². The minimum atomic E-state index is -0.0105. The lowest BCUT2D eigenvalue weighted by Gasteiger charge is -2.25. The van der Waals surface area contributed by atoms with Gasteiger partial charge < -0.3 is 5.73 Å². The Balaban J connectivity index is 2.54. The highest BCUT2D eigenvalue weighted by atomic mass is 79.9. The van der Waals surface area contributed by atoms with Crippen LogP contribution in [-0.4, -0.2) is 15.8 Å². The van der Waals surface area contributed by atoms with Crippen LogP contribution >= 0.6 is 15.9 Å². The van der Waals surface area contributed by atoms with Gasteiger partial charge in [0.25, 0.3) is 0 Å². The Labute approximate surface area is 129 Å². The number of aryl methyl sites for hydroxylation is 2. The van der Waals surface area contributed by atoms with Crippen LogP contribution in [0.25, 0.3) is 0 Å². The first-order valence-electron chi connectivity index (χ1n) is 7.15. The summed E-state index contributed by atoms with van der Waals surface area (Å²) in [6, 6.07) is 10.5. The van der Waals surface area contributed by atoms with Crippen molar-refractivity contribution in [2.45, 2.75) is 45.7 Å². The summed E-state index contributed by atoms with van der Waals surface area (Å²) in [5.41, 5.74) is 9.81. The number of rotatable bonds is 5. The molecule has 0 aliphatic rings. The molecule has 2 rings (SSSR count). The summed E-state index contributed by atoms with van der Waals surface area (Å²) in [5.74, 6) is 0. The van der Waals surface area contributed by atoms with Gasteiger partial charge >= 0.3 is 0 Å². The largest absolute Gasteiger partial charge is 0.326 e. The fourth-order valence-corrected chi connectivity index (χ4v) is 3.04. The summed E-state index contributed by atoms with van der Waals surface area (Å²) in [6.07, 6.45) is 1.91. The summed E-state index contributed by atoms with van der Waals surface area (Å²) < 4.78 is 3.18. The quantitative estimate of drug-likeness (QED) is 0.905. The summed E-state index contributed by atoms with van der Waals surface area (Å²) >= 11 is 3.64. The van der Waals surface area contributed by atoms with Gasteiger partial charge in [0.1, 0.15) is 0 Å². The first-order chi connectivity index (χ1) is 9.58. The number of aromatic nitrogens is 2. The zero-order valence-corrected chi connectivity index (χ0v) is 13.9. The third kappa shape index (κ3) is 2.96. The summed E-state index contributed by atoms with van der Waals surface area (Å²) in [7, 11) is 0. The lowest BCUT2D eigenvalue weighted by atomic mass is 10.0. The Morgan fingerprint density at radius 2 is 1.95 bits per heavy atom. The predicted octanol–water partition coefficient (Wildman–Crippen LogP) is 3.71. The van der Waals surface area contributed by atoms with Gasteiger partial charge in [0.05, 0.1) is 11.7 Å². The Morgan fingerprint density at radius 1 is 1.25 bits per heavy atom. The topological polar surface area (TPSA) is 43.8 Å². The molecule has 0 aliphatic heterocycles. The van der Waals surface area contributed by atoms with Crippen molar-refractivity contribution in [1.82, 2.24) is 9.78 Å². The molecule has 108 valence electrons. The number of halogens is 1. The molecule has 0 fully saturated rings. The van der Waals surface area contributed by atoms with E-state index in [4.69, 9.17) is 10.8 Å². The summed E-state index contributed by atoms with van der Waals surface area (Å²) in [5, 5.41) is 4.75. The molecule has 1 heterocycles. The third-order valence-corrected chi connectivity index (χ3v) is 4.30. The van der Waals surface area contributed by atoms with Gasteiger partial charge in [-0.1, -0.05) is 48.0 Å². The number of hydrogen-bond acceptors (Lipinski definition) is 2. The van der Waals surface area contributed by atoms with Crippen molar-refractivity contribution in [2.24, 2.45) is 5.73 Å². The molecule has 0 saturated carbocycles. The second kappa shape index (κ2) is 6.55. The maximum Gasteiger partial charge on any atom is 0.0930 e. The van der Waals surface area contributed by atoms with E-state index in [0.29, 0.717) is 0 Å². The number of hydrogen-bond donors (Lipinski definition) is 1. The van der Waals surface area contributed by atoms with Crippen LogP contribution in [0.15, 0.2) is 34.8 Å². The van der Waals surface area contributed by atoms with Gasteiger partial charge in [-0.3, -0.25) is 4.68 Å². The monoisotopic (exact) mass is 335 g/mol. The van der Waals surface area contributed by atoms with E-state index in [9.17, 15) is 0 Å². The van der Waals surface area contributed by atoms with Crippen LogP contribution in [0.1, 0.15) is 43.8 Å². The Kier molecular flexibility index (Phi) is 5.00. The first kappa shape index (κ1) is 15.3. The lowest BCUT2D eigenvalue weighted by molar-refractivity contribution is 0.437. The van der Waals surface area contributed by atoms with Crippen LogP contribution in [0.4, 0.5) is 0 Å². The molecule has 0 bridgehead atoms. The molecule has 1 aromatic carbocycles. The average Bonchev–Trinajstić information content (AvgIpc) is 2.84. The Bertz CT molecular complexity index is 575. The molecule has 3 nitrogen and oxygen atoms in total. The summed E-state index contributed by atoms with van der Waals surface area (Å²) in [4.78, 5) is 0. The molecule has 0 saturated heterocycles. The molecule has 2 aromatic rings. The van der Waals surface area contributed by atoms with Gasteiger partial charge in [-0.2, -0.15) is 5.10 Å². The maximum absolute atomic E-state index is 6.26. The molecule has 2 atom stereocenters. The van der Waals surface area contributed by atoms with Gasteiger partial charge in [0, 0.05) is 16.2 Å². The van der Waals surface area contributed by atoms with E-state index in [1.807, 2.05) is 19.1 Å². The van der Waals surface area contributed by atoms with Crippen LogP contribution in [0.5, 0.6) is 0 Å². The van der Waals surface area contributed by atoms with E-state index < -0.39 is 0 Å². The smallest absolute Gasteiger partial charge is 0.0930 e. The molecule has 4 heteroatoms. The lowest BCUT2D eigenvalue weighted by Crippen LogP contribution is -2.32. The van der Waals surface area contributed by atoms with E-state index in [2.05, 4.69) is 52.7 Å². The van der Waals surface area contributed by atoms with Crippen molar-refractivity contribution in [2.75, 3.05) is 0 Å². The van der Waals surface area contributed by atoms with Crippen LogP contribution in [0.3, 0.4) is 0 Å². The normalized spacial score (nSPS) is 14.2. The predicted molar refractivity (Wildman–Crippen MR) is 86.9 cm³/mol. The Morgan fingerprint density at radius 3 is 2.50 bits per heavy atom. The molecule has 0 spiro atoms. The average molecular weight is 336 g/mol. The Hall–Kier alpha value is -1.13. The number of benzene rings is 1. The van der Waals surface area contributed by atoms with Crippen molar-refractivity contribution < 1.29 is 0 Å².